The van der Waals surface area contributed by atoms with E-state index in [1.54, 1.807) is 19.4 Å². The van der Waals surface area contributed by atoms with Gasteiger partial charge in [0.05, 0.1) is 12.9 Å². The Bertz CT molecular complexity index is 414. The van der Waals surface area contributed by atoms with E-state index in [0.717, 1.165) is 5.56 Å². The molecule has 0 aliphatic rings. The SMILES string of the molecule is COc1ccc(CNCCS(C)(=O)=O)cn1. The van der Waals surface area contributed by atoms with Crippen molar-refractivity contribution in [3.63, 3.8) is 0 Å². The normalized spacial score (nSPS) is 11.4. The van der Waals surface area contributed by atoms with E-state index in [-0.39, 0.29) is 5.75 Å². The quantitative estimate of drug-likeness (QED) is 0.725. The van der Waals surface area contributed by atoms with Crippen LogP contribution in [-0.4, -0.2) is 39.1 Å². The van der Waals surface area contributed by atoms with Crippen LogP contribution in [0.25, 0.3) is 0 Å². The van der Waals surface area contributed by atoms with Crippen LogP contribution in [0.15, 0.2) is 18.3 Å². The van der Waals surface area contributed by atoms with Crippen molar-refractivity contribution in [2.24, 2.45) is 0 Å². The topological polar surface area (TPSA) is 68.3 Å². The first-order valence-corrected chi connectivity index (χ1v) is 6.94. The third-order valence-corrected chi connectivity index (χ3v) is 2.93. The lowest BCUT2D eigenvalue weighted by molar-refractivity contribution is 0.397. The molecule has 0 fully saturated rings. The van der Waals surface area contributed by atoms with Gasteiger partial charge in [-0.15, -0.1) is 0 Å². The Morgan fingerprint density at radius 3 is 2.69 bits per heavy atom. The minimum absolute atomic E-state index is 0.149. The Kier molecular flexibility index (Phi) is 4.70. The minimum Gasteiger partial charge on any atom is -0.481 e. The second-order valence-electron chi connectivity index (χ2n) is 3.52. The number of hydrogen-bond acceptors (Lipinski definition) is 5. The van der Waals surface area contributed by atoms with Crippen molar-refractivity contribution in [2.45, 2.75) is 6.54 Å². The number of hydrogen-bond donors (Lipinski definition) is 1. The summed E-state index contributed by atoms with van der Waals surface area (Å²) in [6.45, 7) is 1.05. The van der Waals surface area contributed by atoms with Gasteiger partial charge in [-0.3, -0.25) is 0 Å². The number of ether oxygens (including phenoxy) is 1. The van der Waals surface area contributed by atoms with Crippen molar-refractivity contribution in [1.29, 1.82) is 0 Å². The maximum absolute atomic E-state index is 10.9. The summed E-state index contributed by atoms with van der Waals surface area (Å²) >= 11 is 0. The molecule has 0 aliphatic carbocycles. The molecule has 5 nitrogen and oxygen atoms in total. The molecule has 6 heteroatoms. The molecule has 1 heterocycles. The van der Waals surface area contributed by atoms with E-state index in [4.69, 9.17) is 4.74 Å². The monoisotopic (exact) mass is 244 g/mol. The van der Waals surface area contributed by atoms with Crippen LogP contribution >= 0.6 is 0 Å². The van der Waals surface area contributed by atoms with Gasteiger partial charge in [-0.05, 0) is 5.56 Å². The molecule has 1 aromatic heterocycles. The van der Waals surface area contributed by atoms with Crippen molar-refractivity contribution in [3.05, 3.63) is 23.9 Å². The lowest BCUT2D eigenvalue weighted by Crippen LogP contribution is -2.21. The van der Waals surface area contributed by atoms with Gasteiger partial charge in [0.25, 0.3) is 0 Å². The van der Waals surface area contributed by atoms with Gasteiger partial charge < -0.3 is 10.1 Å². The zero-order valence-corrected chi connectivity index (χ0v) is 10.3. The van der Waals surface area contributed by atoms with Crippen LogP contribution in [0.4, 0.5) is 0 Å². The molecule has 0 aliphatic heterocycles. The van der Waals surface area contributed by atoms with Crippen molar-refractivity contribution in [1.82, 2.24) is 10.3 Å². The summed E-state index contributed by atoms with van der Waals surface area (Å²) in [6, 6.07) is 3.66. The Labute approximate surface area is 95.8 Å². The summed E-state index contributed by atoms with van der Waals surface area (Å²) in [6.07, 6.45) is 2.93. The maximum Gasteiger partial charge on any atom is 0.212 e. The van der Waals surface area contributed by atoms with Gasteiger partial charge in [-0.1, -0.05) is 6.07 Å². The van der Waals surface area contributed by atoms with Crippen LogP contribution in [0.3, 0.4) is 0 Å². The molecule has 90 valence electrons. The first kappa shape index (κ1) is 12.9. The van der Waals surface area contributed by atoms with Crippen molar-refractivity contribution in [3.8, 4) is 5.88 Å². The minimum atomic E-state index is -2.89. The van der Waals surface area contributed by atoms with E-state index in [2.05, 4.69) is 10.3 Å². The molecule has 1 aromatic rings. The van der Waals surface area contributed by atoms with E-state index in [9.17, 15) is 8.42 Å². The summed E-state index contributed by atoms with van der Waals surface area (Å²) < 4.78 is 26.6. The average Bonchev–Trinajstić information content (AvgIpc) is 2.24. The van der Waals surface area contributed by atoms with Gasteiger partial charge in [0.15, 0.2) is 0 Å². The number of rotatable bonds is 6. The highest BCUT2D eigenvalue weighted by Crippen LogP contribution is 2.05. The van der Waals surface area contributed by atoms with E-state index in [0.29, 0.717) is 19.0 Å². The first-order chi connectivity index (χ1) is 7.51. The largest absolute Gasteiger partial charge is 0.481 e. The lowest BCUT2D eigenvalue weighted by atomic mass is 10.3. The van der Waals surface area contributed by atoms with E-state index in [1.807, 2.05) is 6.07 Å². The fourth-order valence-electron chi connectivity index (χ4n) is 1.13. The van der Waals surface area contributed by atoms with Gasteiger partial charge in [-0.2, -0.15) is 0 Å². The molecular formula is C10H16N2O3S. The molecule has 16 heavy (non-hydrogen) atoms. The Morgan fingerprint density at radius 1 is 1.44 bits per heavy atom. The van der Waals surface area contributed by atoms with Gasteiger partial charge in [-0.25, -0.2) is 13.4 Å². The summed E-state index contributed by atoms with van der Waals surface area (Å²) in [5.41, 5.74) is 0.995. The third kappa shape index (κ3) is 5.09. The zero-order valence-electron chi connectivity index (χ0n) is 9.43. The highest BCUT2D eigenvalue weighted by Gasteiger charge is 2.01. The van der Waals surface area contributed by atoms with Crippen LogP contribution in [0, 0.1) is 0 Å². The standard InChI is InChI=1S/C10H16N2O3S/c1-15-10-4-3-9(8-12-10)7-11-5-6-16(2,13)14/h3-4,8,11H,5-7H2,1-2H3. The van der Waals surface area contributed by atoms with Gasteiger partial charge in [0.2, 0.25) is 5.88 Å². The molecule has 0 saturated heterocycles. The highest BCUT2D eigenvalue weighted by atomic mass is 32.2. The summed E-state index contributed by atoms with van der Waals surface area (Å²) in [5, 5.41) is 3.04. The summed E-state index contributed by atoms with van der Waals surface area (Å²) in [5.74, 6) is 0.719. The van der Waals surface area contributed by atoms with Crippen molar-refractivity contribution in [2.75, 3.05) is 25.7 Å². The zero-order chi connectivity index (χ0) is 12.0. The Morgan fingerprint density at radius 2 is 2.19 bits per heavy atom. The van der Waals surface area contributed by atoms with Crippen LogP contribution in [0.5, 0.6) is 5.88 Å². The molecule has 0 unspecified atom stereocenters. The molecule has 0 amide bonds. The average molecular weight is 244 g/mol. The van der Waals surface area contributed by atoms with Gasteiger partial charge in [0.1, 0.15) is 9.84 Å². The number of methoxy groups -OCH3 is 1. The number of nitrogens with one attached hydrogen (secondary N) is 1. The molecule has 0 bridgehead atoms. The number of sulfone groups is 1. The smallest absolute Gasteiger partial charge is 0.212 e. The molecule has 0 radical (unpaired) electrons. The summed E-state index contributed by atoms with van der Waals surface area (Å²) in [4.78, 5) is 4.04. The maximum atomic E-state index is 10.9. The van der Waals surface area contributed by atoms with Crippen LogP contribution in [0.2, 0.25) is 0 Å². The number of aromatic nitrogens is 1. The lowest BCUT2D eigenvalue weighted by Gasteiger charge is -2.04. The highest BCUT2D eigenvalue weighted by molar-refractivity contribution is 7.90. The number of pyridine rings is 1. The van der Waals surface area contributed by atoms with Gasteiger partial charge >= 0.3 is 0 Å². The van der Waals surface area contributed by atoms with Crippen molar-refractivity contribution >= 4 is 9.84 Å². The molecular weight excluding hydrogens is 228 g/mol. The second kappa shape index (κ2) is 5.81. The molecule has 0 atom stereocenters. The van der Waals surface area contributed by atoms with Crippen LogP contribution in [0.1, 0.15) is 5.56 Å². The molecule has 0 saturated carbocycles. The van der Waals surface area contributed by atoms with E-state index < -0.39 is 9.84 Å². The molecule has 0 spiro atoms. The molecule has 1 rings (SSSR count). The Balaban J connectivity index is 2.32. The van der Waals surface area contributed by atoms with Crippen LogP contribution < -0.4 is 10.1 Å². The fourth-order valence-corrected chi connectivity index (χ4v) is 1.64. The fraction of sp³-hybridized carbons (Fsp3) is 0.500. The predicted molar refractivity (Wildman–Crippen MR) is 62.2 cm³/mol. The van der Waals surface area contributed by atoms with E-state index in [1.165, 1.54) is 6.26 Å². The van der Waals surface area contributed by atoms with Gasteiger partial charge in [0, 0.05) is 31.6 Å². The summed E-state index contributed by atoms with van der Waals surface area (Å²) in [7, 11) is -1.33. The second-order valence-corrected chi connectivity index (χ2v) is 5.78. The molecule has 0 aromatic carbocycles. The third-order valence-electron chi connectivity index (χ3n) is 1.99. The van der Waals surface area contributed by atoms with Crippen molar-refractivity contribution < 1.29 is 13.2 Å². The first-order valence-electron chi connectivity index (χ1n) is 4.88. The van der Waals surface area contributed by atoms with E-state index >= 15 is 0 Å². The number of nitrogens with zero attached hydrogens (tertiary/aromatic N) is 1. The predicted octanol–water partition coefficient (Wildman–Crippen LogP) is 0.224. The van der Waals surface area contributed by atoms with Crippen LogP contribution in [-0.2, 0) is 16.4 Å². The Hall–Kier alpha value is -1.14. The molecule has 1 N–H and O–H groups in total.